The van der Waals surface area contributed by atoms with E-state index in [1.807, 2.05) is 0 Å². The van der Waals surface area contributed by atoms with Gasteiger partial charge in [0.2, 0.25) is 5.91 Å². The summed E-state index contributed by atoms with van der Waals surface area (Å²) in [7, 11) is 0. The molecule has 3 nitrogen and oxygen atoms in total. The Morgan fingerprint density at radius 3 is 2.35 bits per heavy atom. The fraction of sp³-hybridized carbons (Fsp3) is 0.562. The van der Waals surface area contributed by atoms with E-state index in [-0.39, 0.29) is 28.7 Å². The van der Waals surface area contributed by atoms with Crippen molar-refractivity contribution in [2.45, 2.75) is 37.9 Å². The smallest absolute Gasteiger partial charge is 0.376 e. The average molecular weight is 391 g/mol. The lowest BCUT2D eigenvalue weighted by molar-refractivity contribution is -0.138. The Morgan fingerprint density at radius 2 is 1.83 bits per heavy atom. The molecule has 1 aromatic rings. The van der Waals surface area contributed by atoms with Crippen LogP contribution in [0.3, 0.4) is 0 Å². The van der Waals surface area contributed by atoms with Crippen molar-refractivity contribution in [3.63, 3.8) is 0 Å². The first-order valence-electron chi connectivity index (χ1n) is 7.74. The first kappa shape index (κ1) is 16.6. The third-order valence-electron chi connectivity index (χ3n) is 4.31. The summed E-state index contributed by atoms with van der Waals surface area (Å²) in [5.74, 6) is 1.03. The van der Waals surface area contributed by atoms with Gasteiger partial charge in [0.1, 0.15) is 0 Å². The van der Waals surface area contributed by atoms with Gasteiger partial charge in [0, 0.05) is 16.2 Å². The van der Waals surface area contributed by atoms with E-state index in [1.165, 1.54) is 12.1 Å². The lowest BCUT2D eigenvalue weighted by atomic mass is 10.1. The molecular weight excluding hydrogens is 373 g/mol. The SMILES string of the molecule is O=C(CNc1ccc(Br)c(C(F)(F)F)c1)NC(C1CC1)C1CC1. The van der Waals surface area contributed by atoms with Gasteiger partial charge in [0.05, 0.1) is 12.1 Å². The molecule has 126 valence electrons. The molecule has 0 bridgehead atoms. The summed E-state index contributed by atoms with van der Waals surface area (Å²) in [6.45, 7) is -0.0190. The fourth-order valence-corrected chi connectivity index (χ4v) is 3.27. The molecule has 0 heterocycles. The van der Waals surface area contributed by atoms with E-state index in [0.717, 1.165) is 31.7 Å². The van der Waals surface area contributed by atoms with Gasteiger partial charge < -0.3 is 10.6 Å². The van der Waals surface area contributed by atoms with Gasteiger partial charge in [-0.15, -0.1) is 0 Å². The number of rotatable bonds is 6. The molecule has 2 fully saturated rings. The van der Waals surface area contributed by atoms with Crippen molar-refractivity contribution in [1.82, 2.24) is 5.32 Å². The minimum absolute atomic E-state index is 0.0115. The first-order chi connectivity index (χ1) is 10.8. The van der Waals surface area contributed by atoms with Crippen LogP contribution < -0.4 is 10.6 Å². The Hall–Kier alpha value is -1.24. The molecule has 0 aliphatic heterocycles. The van der Waals surface area contributed by atoms with Crippen molar-refractivity contribution in [1.29, 1.82) is 0 Å². The van der Waals surface area contributed by atoms with Crippen molar-refractivity contribution in [2.75, 3.05) is 11.9 Å². The number of halogens is 4. The van der Waals surface area contributed by atoms with E-state index in [9.17, 15) is 18.0 Å². The Bertz CT molecular complexity index is 585. The average Bonchev–Trinajstić information content (AvgIpc) is 3.36. The fourth-order valence-electron chi connectivity index (χ4n) is 2.80. The van der Waals surface area contributed by atoms with Crippen LogP contribution in [0.25, 0.3) is 0 Å². The molecule has 7 heteroatoms. The highest BCUT2D eigenvalue weighted by atomic mass is 79.9. The van der Waals surface area contributed by atoms with E-state index in [4.69, 9.17) is 0 Å². The topological polar surface area (TPSA) is 41.1 Å². The highest BCUT2D eigenvalue weighted by Crippen LogP contribution is 2.44. The molecule has 2 aliphatic rings. The molecule has 0 aromatic heterocycles. The minimum Gasteiger partial charge on any atom is -0.376 e. The van der Waals surface area contributed by atoms with E-state index >= 15 is 0 Å². The molecule has 1 amide bonds. The number of alkyl halides is 3. The normalized spacial score (nSPS) is 18.1. The summed E-state index contributed by atoms with van der Waals surface area (Å²) >= 11 is 2.90. The Labute approximate surface area is 141 Å². The van der Waals surface area contributed by atoms with Crippen LogP contribution in [0.2, 0.25) is 0 Å². The standard InChI is InChI=1S/C16H18BrF3N2O/c17-13-6-5-11(7-12(13)16(18,19)20)21-8-14(23)22-15(9-1-2-9)10-3-4-10/h5-7,9-10,15,21H,1-4,8H2,(H,22,23). The lowest BCUT2D eigenvalue weighted by Crippen LogP contribution is -2.41. The Morgan fingerprint density at radius 1 is 1.22 bits per heavy atom. The Balaban J connectivity index is 1.56. The number of carbonyl (C=O) groups is 1. The highest BCUT2D eigenvalue weighted by molar-refractivity contribution is 9.10. The van der Waals surface area contributed by atoms with Gasteiger partial charge in [-0.2, -0.15) is 13.2 Å². The summed E-state index contributed by atoms with van der Waals surface area (Å²) in [6, 6.07) is 4.11. The van der Waals surface area contributed by atoms with Crippen LogP contribution in [0.4, 0.5) is 18.9 Å². The molecule has 0 unspecified atom stereocenters. The predicted molar refractivity (Wildman–Crippen MR) is 85.0 cm³/mol. The molecule has 0 radical (unpaired) electrons. The molecule has 3 rings (SSSR count). The lowest BCUT2D eigenvalue weighted by Gasteiger charge is -2.18. The van der Waals surface area contributed by atoms with Crippen molar-refractivity contribution < 1.29 is 18.0 Å². The number of hydrogen-bond donors (Lipinski definition) is 2. The number of anilines is 1. The summed E-state index contributed by atoms with van der Waals surface area (Å²) in [5, 5.41) is 5.81. The number of amides is 1. The molecular formula is C16H18BrF3N2O. The molecule has 2 N–H and O–H groups in total. The van der Waals surface area contributed by atoms with Crippen LogP contribution in [0.15, 0.2) is 22.7 Å². The molecule has 1 aromatic carbocycles. The second kappa shape index (κ2) is 6.34. The van der Waals surface area contributed by atoms with Crippen LogP contribution in [-0.2, 0) is 11.0 Å². The highest BCUT2D eigenvalue weighted by Gasteiger charge is 2.42. The van der Waals surface area contributed by atoms with Gasteiger partial charge in [-0.05, 0) is 55.7 Å². The van der Waals surface area contributed by atoms with E-state index in [2.05, 4.69) is 26.6 Å². The Kier molecular flexibility index (Phi) is 4.58. The van der Waals surface area contributed by atoms with Crippen molar-refractivity contribution >= 4 is 27.5 Å². The van der Waals surface area contributed by atoms with Crippen LogP contribution in [0.5, 0.6) is 0 Å². The van der Waals surface area contributed by atoms with Crippen molar-refractivity contribution in [2.24, 2.45) is 11.8 Å². The summed E-state index contributed by atoms with van der Waals surface area (Å²) < 4.78 is 38.6. The zero-order valence-corrected chi connectivity index (χ0v) is 14.0. The maximum atomic E-state index is 12.9. The van der Waals surface area contributed by atoms with Gasteiger partial charge in [-0.1, -0.05) is 15.9 Å². The third-order valence-corrected chi connectivity index (χ3v) is 5.00. The van der Waals surface area contributed by atoms with Gasteiger partial charge in [0.25, 0.3) is 0 Å². The quantitative estimate of drug-likeness (QED) is 0.764. The predicted octanol–water partition coefficient (Wildman–Crippen LogP) is 4.18. The number of carbonyl (C=O) groups excluding carboxylic acids is 1. The van der Waals surface area contributed by atoms with Crippen LogP contribution in [0, 0.1) is 11.8 Å². The molecule has 2 saturated carbocycles. The van der Waals surface area contributed by atoms with Crippen LogP contribution in [0.1, 0.15) is 31.2 Å². The van der Waals surface area contributed by atoms with Crippen LogP contribution >= 0.6 is 15.9 Å². The zero-order valence-electron chi connectivity index (χ0n) is 12.4. The van der Waals surface area contributed by atoms with Gasteiger partial charge in [0.15, 0.2) is 0 Å². The molecule has 23 heavy (non-hydrogen) atoms. The molecule has 0 saturated heterocycles. The van der Waals surface area contributed by atoms with Gasteiger partial charge >= 0.3 is 6.18 Å². The second-order valence-corrected chi connectivity index (χ2v) is 7.17. The first-order valence-corrected chi connectivity index (χ1v) is 8.54. The third kappa shape index (κ3) is 4.40. The summed E-state index contributed by atoms with van der Waals surface area (Å²) in [6.07, 6.45) is 0.224. The number of nitrogens with one attached hydrogen (secondary N) is 2. The van der Waals surface area contributed by atoms with Gasteiger partial charge in [-0.3, -0.25) is 4.79 Å². The van der Waals surface area contributed by atoms with E-state index < -0.39 is 11.7 Å². The van der Waals surface area contributed by atoms with Crippen molar-refractivity contribution in [3.05, 3.63) is 28.2 Å². The van der Waals surface area contributed by atoms with E-state index in [0.29, 0.717) is 11.8 Å². The van der Waals surface area contributed by atoms with E-state index in [1.54, 1.807) is 0 Å². The van der Waals surface area contributed by atoms with Crippen LogP contribution in [-0.4, -0.2) is 18.5 Å². The zero-order chi connectivity index (χ0) is 16.6. The maximum Gasteiger partial charge on any atom is 0.417 e. The van der Waals surface area contributed by atoms with Gasteiger partial charge in [-0.25, -0.2) is 0 Å². The summed E-state index contributed by atoms with van der Waals surface area (Å²) in [5.41, 5.74) is -0.471. The monoisotopic (exact) mass is 390 g/mol. The maximum absolute atomic E-state index is 12.9. The number of hydrogen-bond acceptors (Lipinski definition) is 2. The van der Waals surface area contributed by atoms with Crippen molar-refractivity contribution in [3.8, 4) is 0 Å². The molecule has 0 spiro atoms. The summed E-state index contributed by atoms with van der Waals surface area (Å²) in [4.78, 5) is 12.0. The second-order valence-electron chi connectivity index (χ2n) is 6.31. The minimum atomic E-state index is -4.43. The molecule has 2 aliphatic carbocycles. The largest absolute Gasteiger partial charge is 0.417 e. The molecule has 0 atom stereocenters. The number of benzene rings is 1.